The van der Waals surface area contributed by atoms with Crippen molar-refractivity contribution in [2.24, 2.45) is 0 Å². The molecule has 2 heterocycles. The van der Waals surface area contributed by atoms with Crippen LogP contribution in [0.2, 0.25) is 0 Å². The van der Waals surface area contributed by atoms with E-state index in [0.29, 0.717) is 6.42 Å². The second-order valence-corrected chi connectivity index (χ2v) is 9.79. The lowest BCUT2D eigenvalue weighted by Gasteiger charge is -2.24. The molecule has 1 atom stereocenters. The fourth-order valence-electron chi connectivity index (χ4n) is 4.05. The zero-order valence-corrected chi connectivity index (χ0v) is 17.7. The Labute approximate surface area is 174 Å². The zero-order valence-electron chi connectivity index (χ0n) is 16.8. The van der Waals surface area contributed by atoms with E-state index in [2.05, 4.69) is 56.2 Å². The Kier molecular flexibility index (Phi) is 4.17. The van der Waals surface area contributed by atoms with Crippen LogP contribution in [0.1, 0.15) is 60.3 Å². The van der Waals surface area contributed by atoms with Gasteiger partial charge in [-0.1, -0.05) is 68.5 Å². The second kappa shape index (κ2) is 6.63. The van der Waals surface area contributed by atoms with Gasteiger partial charge in [0.1, 0.15) is 0 Å². The van der Waals surface area contributed by atoms with Crippen LogP contribution in [-0.2, 0) is 11.8 Å². The maximum Gasteiger partial charge on any atom is 0.211 e. The number of nitrogens with zero attached hydrogens (tertiary/aromatic N) is 3. The largest absolute Gasteiger partial charge is 0.294 e. The molecule has 0 saturated carbocycles. The average Bonchev–Trinajstić information content (AvgIpc) is 3.31. The molecule has 1 aliphatic carbocycles. The van der Waals surface area contributed by atoms with E-state index in [-0.39, 0.29) is 17.1 Å². The van der Waals surface area contributed by atoms with Crippen molar-refractivity contribution in [2.45, 2.75) is 44.9 Å². The van der Waals surface area contributed by atoms with E-state index in [1.54, 1.807) is 17.5 Å². The van der Waals surface area contributed by atoms with E-state index in [1.165, 1.54) is 11.1 Å². The number of carbonyl (C=O) groups is 1. The number of hydrogen-bond donors (Lipinski definition) is 0. The van der Waals surface area contributed by atoms with E-state index in [4.69, 9.17) is 4.98 Å². The van der Waals surface area contributed by atoms with Crippen LogP contribution in [-0.4, -0.2) is 20.5 Å². The molecule has 1 unspecified atom stereocenters. The predicted molar refractivity (Wildman–Crippen MR) is 117 cm³/mol. The van der Waals surface area contributed by atoms with Gasteiger partial charge in [-0.2, -0.15) is 5.10 Å². The molecule has 2 aromatic carbocycles. The van der Waals surface area contributed by atoms with Crippen molar-refractivity contribution in [1.82, 2.24) is 14.8 Å². The third-order valence-corrected chi connectivity index (χ3v) is 6.76. The van der Waals surface area contributed by atoms with E-state index < -0.39 is 0 Å². The van der Waals surface area contributed by atoms with Gasteiger partial charge < -0.3 is 0 Å². The predicted octanol–water partition coefficient (Wildman–Crippen LogP) is 5.69. The molecule has 4 nitrogen and oxygen atoms in total. The maximum atomic E-state index is 12.8. The Bertz CT molecular complexity index is 1180. The van der Waals surface area contributed by atoms with Crippen LogP contribution < -0.4 is 0 Å². The lowest BCUT2D eigenvalue weighted by molar-refractivity contribution is 0.0963. The smallest absolute Gasteiger partial charge is 0.211 e. The summed E-state index contributed by atoms with van der Waals surface area (Å²) in [7, 11) is 0. The lowest BCUT2D eigenvalue weighted by Crippen LogP contribution is -2.20. The minimum absolute atomic E-state index is 0.125. The van der Waals surface area contributed by atoms with Crippen molar-refractivity contribution in [3.8, 4) is 5.13 Å². The highest BCUT2D eigenvalue weighted by molar-refractivity contribution is 7.20. The summed E-state index contributed by atoms with van der Waals surface area (Å²) < 4.78 is 3.00. The van der Waals surface area contributed by atoms with E-state index in [9.17, 15) is 4.79 Å². The van der Waals surface area contributed by atoms with Crippen LogP contribution in [0.25, 0.3) is 15.3 Å². The summed E-state index contributed by atoms with van der Waals surface area (Å²) in [6.45, 7) is 6.65. The normalized spacial score (nSPS) is 16.9. The van der Waals surface area contributed by atoms with Crippen molar-refractivity contribution >= 4 is 27.3 Å². The van der Waals surface area contributed by atoms with Crippen molar-refractivity contribution in [3.63, 3.8) is 0 Å². The highest BCUT2D eigenvalue weighted by atomic mass is 32.1. The number of ketones is 1. The molecule has 1 aliphatic rings. The first-order chi connectivity index (χ1) is 13.9. The molecule has 146 valence electrons. The molecule has 0 saturated heterocycles. The summed E-state index contributed by atoms with van der Waals surface area (Å²) in [5.74, 6) is 0.345. The molecule has 5 heteroatoms. The summed E-state index contributed by atoms with van der Waals surface area (Å²) >= 11 is 1.61. The number of rotatable bonds is 2. The number of aromatic nitrogens is 3. The van der Waals surface area contributed by atoms with Gasteiger partial charge in [0.25, 0.3) is 0 Å². The minimum Gasteiger partial charge on any atom is -0.294 e. The third-order valence-electron chi connectivity index (χ3n) is 5.75. The van der Waals surface area contributed by atoms with Crippen LogP contribution in [0.4, 0.5) is 0 Å². The van der Waals surface area contributed by atoms with Crippen molar-refractivity contribution < 1.29 is 4.79 Å². The fourth-order valence-corrected chi connectivity index (χ4v) is 5.00. The summed E-state index contributed by atoms with van der Waals surface area (Å²) in [5.41, 5.74) is 5.34. The first kappa shape index (κ1) is 18.3. The Balaban J connectivity index is 1.51. The van der Waals surface area contributed by atoms with Crippen molar-refractivity contribution in [1.29, 1.82) is 0 Å². The maximum absolute atomic E-state index is 12.8. The Morgan fingerprint density at radius 2 is 1.79 bits per heavy atom. The molecule has 2 aromatic heterocycles. The Hall–Kier alpha value is -2.79. The molecule has 0 spiro atoms. The number of carbonyl (C=O) groups excluding carboxylic acids is 1. The molecule has 5 rings (SSSR count). The first-order valence-corrected chi connectivity index (χ1v) is 10.8. The number of fused-ring (bicyclic) bond motifs is 2. The van der Waals surface area contributed by atoms with Gasteiger partial charge in [0.05, 0.1) is 27.7 Å². The Morgan fingerprint density at radius 3 is 2.52 bits per heavy atom. The van der Waals surface area contributed by atoms with Crippen molar-refractivity contribution in [2.75, 3.05) is 0 Å². The summed E-state index contributed by atoms with van der Waals surface area (Å²) in [4.78, 5) is 17.6. The number of benzene rings is 2. The number of thiazole rings is 1. The van der Waals surface area contributed by atoms with Crippen LogP contribution in [0, 0.1) is 0 Å². The van der Waals surface area contributed by atoms with Crippen LogP contribution in [0.15, 0.2) is 54.7 Å². The van der Waals surface area contributed by atoms with Gasteiger partial charge in [-0.3, -0.25) is 4.79 Å². The summed E-state index contributed by atoms with van der Waals surface area (Å²) in [6.07, 6.45) is 3.04. The molecule has 0 aliphatic heterocycles. The molecule has 4 aromatic rings. The molecule has 0 bridgehead atoms. The summed E-state index contributed by atoms with van der Waals surface area (Å²) in [6, 6.07) is 16.8. The van der Waals surface area contributed by atoms with Crippen LogP contribution >= 0.6 is 11.3 Å². The summed E-state index contributed by atoms with van der Waals surface area (Å²) in [5, 5.41) is 5.36. The minimum atomic E-state index is 0.125. The van der Waals surface area contributed by atoms with Gasteiger partial charge in [-0.15, -0.1) is 0 Å². The van der Waals surface area contributed by atoms with Gasteiger partial charge in [0.2, 0.25) is 5.13 Å². The molecule has 29 heavy (non-hydrogen) atoms. The molecular formula is C24H23N3OS. The average molecular weight is 402 g/mol. The van der Waals surface area contributed by atoms with E-state index >= 15 is 0 Å². The Morgan fingerprint density at radius 1 is 1.03 bits per heavy atom. The molecular weight excluding hydrogens is 378 g/mol. The van der Waals surface area contributed by atoms with E-state index in [0.717, 1.165) is 33.0 Å². The van der Waals surface area contributed by atoms with Gasteiger partial charge in [0.15, 0.2) is 5.78 Å². The van der Waals surface area contributed by atoms with Gasteiger partial charge in [-0.25, -0.2) is 9.67 Å². The SMILES string of the molecule is CC(C)(C)c1ccc(C2CC(=O)c3cnn(-c4nc5ccccc5s4)c3C2)cc1. The van der Waals surface area contributed by atoms with Crippen molar-refractivity contribution in [3.05, 3.63) is 77.1 Å². The van der Waals surface area contributed by atoms with Crippen LogP contribution in [0.3, 0.4) is 0 Å². The zero-order chi connectivity index (χ0) is 20.2. The topological polar surface area (TPSA) is 47.8 Å². The third kappa shape index (κ3) is 3.19. The number of hydrogen-bond acceptors (Lipinski definition) is 4. The van der Waals surface area contributed by atoms with Gasteiger partial charge >= 0.3 is 0 Å². The molecule has 0 radical (unpaired) electrons. The van der Waals surface area contributed by atoms with Crippen LogP contribution in [0.5, 0.6) is 0 Å². The number of Topliss-reactive ketones (excluding diaryl/α,β-unsaturated/α-hetero) is 1. The lowest BCUT2D eigenvalue weighted by atomic mass is 9.80. The number of para-hydroxylation sites is 1. The molecule has 0 amide bonds. The highest BCUT2D eigenvalue weighted by Gasteiger charge is 2.31. The fraction of sp³-hybridized carbons (Fsp3) is 0.292. The highest BCUT2D eigenvalue weighted by Crippen LogP contribution is 2.36. The molecule has 0 N–H and O–H groups in total. The van der Waals surface area contributed by atoms with Gasteiger partial charge in [-0.05, 0) is 41.0 Å². The van der Waals surface area contributed by atoms with E-state index in [1.807, 2.05) is 22.9 Å². The first-order valence-electron chi connectivity index (χ1n) is 9.96. The quantitative estimate of drug-likeness (QED) is 0.433. The standard InChI is InChI=1S/C24H23N3OS/c1-24(2,3)17-10-8-15(9-11-17)16-12-20-18(21(28)13-16)14-25-27(20)23-26-19-6-4-5-7-22(19)29-23/h4-11,14,16H,12-13H2,1-3H3. The monoisotopic (exact) mass is 401 g/mol. The second-order valence-electron chi connectivity index (χ2n) is 8.78. The van der Waals surface area contributed by atoms with Gasteiger partial charge in [0, 0.05) is 6.42 Å². The molecule has 0 fully saturated rings.